The highest BCUT2D eigenvalue weighted by atomic mass is 19.1. The van der Waals surface area contributed by atoms with Gasteiger partial charge in [-0.25, -0.2) is 8.78 Å². The van der Waals surface area contributed by atoms with E-state index in [0.29, 0.717) is 5.69 Å². The maximum atomic E-state index is 13.7. The fourth-order valence-electron chi connectivity index (χ4n) is 3.09. The van der Waals surface area contributed by atoms with Crippen molar-refractivity contribution >= 4 is 17.2 Å². The topological polar surface area (TPSA) is 41.1 Å². The summed E-state index contributed by atoms with van der Waals surface area (Å²) in [5.41, 5.74) is 3.39. The lowest BCUT2D eigenvalue weighted by atomic mass is 9.96. The van der Waals surface area contributed by atoms with Gasteiger partial charge in [-0.2, -0.15) is 0 Å². The van der Waals surface area contributed by atoms with E-state index in [0.717, 1.165) is 43.6 Å². The number of nitrogens with one attached hydrogen (secondary N) is 2. The summed E-state index contributed by atoms with van der Waals surface area (Å²) in [6.07, 6.45) is 3.70. The van der Waals surface area contributed by atoms with E-state index in [4.69, 9.17) is 0 Å². The van der Waals surface area contributed by atoms with Crippen LogP contribution >= 0.6 is 0 Å². The Morgan fingerprint density at radius 2 is 1.69 bits per heavy atom. The molecule has 3 nitrogen and oxygen atoms in total. The summed E-state index contributed by atoms with van der Waals surface area (Å²) >= 11 is 0. The van der Waals surface area contributed by atoms with Crippen LogP contribution in [0.4, 0.5) is 14.5 Å². The predicted molar refractivity (Wildman–Crippen MR) is 100.0 cm³/mol. The molecule has 1 amide bonds. The normalized spacial score (nSPS) is 14.7. The minimum Gasteiger partial charge on any atom is -0.322 e. The molecule has 2 aromatic rings. The average Bonchev–Trinajstić information content (AvgIpc) is 2.87. The van der Waals surface area contributed by atoms with Crippen LogP contribution in [0.25, 0.3) is 5.57 Å². The van der Waals surface area contributed by atoms with Crippen molar-refractivity contribution in [3.8, 4) is 0 Å². The molecule has 0 fully saturated rings. The molecule has 0 atom stereocenters. The number of hydrogen-bond donors (Lipinski definition) is 2. The molecule has 1 heterocycles. The van der Waals surface area contributed by atoms with E-state index in [2.05, 4.69) is 17.2 Å². The maximum absolute atomic E-state index is 13.7. The summed E-state index contributed by atoms with van der Waals surface area (Å²) in [5, 5.41) is 5.90. The first-order valence-corrected chi connectivity index (χ1v) is 8.51. The highest BCUT2D eigenvalue weighted by Crippen LogP contribution is 2.27. The molecule has 0 saturated heterocycles. The van der Waals surface area contributed by atoms with E-state index in [1.165, 1.54) is 17.2 Å². The Labute approximate surface area is 151 Å². The maximum Gasteiger partial charge on any atom is 0.261 e. The highest BCUT2D eigenvalue weighted by Gasteiger charge is 2.17. The van der Waals surface area contributed by atoms with E-state index < -0.39 is 23.1 Å². The number of hydrogen-bond acceptors (Lipinski definition) is 2. The van der Waals surface area contributed by atoms with Crippen molar-refractivity contribution < 1.29 is 13.6 Å². The Hall–Kier alpha value is -2.79. The van der Waals surface area contributed by atoms with Gasteiger partial charge in [0.25, 0.3) is 5.91 Å². The molecule has 0 aliphatic carbocycles. The van der Waals surface area contributed by atoms with Crippen molar-refractivity contribution in [1.29, 1.82) is 0 Å². The fraction of sp³-hybridized carbons (Fsp3) is 0.190. The predicted octanol–water partition coefficient (Wildman–Crippen LogP) is 4.54. The third-order valence-electron chi connectivity index (χ3n) is 4.44. The van der Waals surface area contributed by atoms with Crippen LogP contribution in [0.3, 0.4) is 0 Å². The quantitative estimate of drug-likeness (QED) is 0.846. The molecule has 2 aromatic carbocycles. The Morgan fingerprint density at radius 3 is 2.35 bits per heavy atom. The minimum atomic E-state index is -0.883. The first-order valence-electron chi connectivity index (χ1n) is 8.51. The van der Waals surface area contributed by atoms with Crippen LogP contribution in [0.5, 0.6) is 0 Å². The lowest BCUT2D eigenvalue weighted by molar-refractivity contribution is 0.101. The standard InChI is InChI=1S/C21H20F2N2O/c1-2-14-10-12-24-13-11-17(14)15-6-8-16(9-7-15)25-21(26)20-18(22)4-3-5-19(20)23/h2-9,24H,1,10-13H2,(H,25,26). The van der Waals surface area contributed by atoms with Crippen LogP contribution in [0.2, 0.25) is 0 Å². The molecule has 1 aliphatic heterocycles. The largest absolute Gasteiger partial charge is 0.322 e. The molecule has 134 valence electrons. The van der Waals surface area contributed by atoms with Crippen molar-refractivity contribution in [2.24, 2.45) is 0 Å². The molecule has 3 rings (SSSR count). The molecule has 26 heavy (non-hydrogen) atoms. The second-order valence-electron chi connectivity index (χ2n) is 6.09. The van der Waals surface area contributed by atoms with Gasteiger partial charge in [0.2, 0.25) is 0 Å². The monoisotopic (exact) mass is 354 g/mol. The van der Waals surface area contributed by atoms with Crippen LogP contribution < -0.4 is 10.6 Å². The van der Waals surface area contributed by atoms with Gasteiger partial charge in [0.15, 0.2) is 0 Å². The summed E-state index contributed by atoms with van der Waals surface area (Å²) < 4.78 is 27.4. The van der Waals surface area contributed by atoms with E-state index in [1.807, 2.05) is 18.2 Å². The highest BCUT2D eigenvalue weighted by molar-refractivity contribution is 6.04. The Morgan fingerprint density at radius 1 is 1.04 bits per heavy atom. The fourth-order valence-corrected chi connectivity index (χ4v) is 3.09. The van der Waals surface area contributed by atoms with Crippen LogP contribution in [0, 0.1) is 11.6 Å². The molecule has 0 spiro atoms. The SMILES string of the molecule is C=CC1=C(c2ccc(NC(=O)c3c(F)cccc3F)cc2)CCNCC1. The molecule has 0 saturated carbocycles. The molecular formula is C21H20F2N2O. The Balaban J connectivity index is 1.81. The van der Waals surface area contributed by atoms with Crippen molar-refractivity contribution in [1.82, 2.24) is 5.32 Å². The van der Waals surface area contributed by atoms with Gasteiger partial charge in [-0.15, -0.1) is 0 Å². The zero-order valence-electron chi connectivity index (χ0n) is 14.3. The lowest BCUT2D eigenvalue weighted by Gasteiger charge is -2.12. The van der Waals surface area contributed by atoms with Gasteiger partial charge < -0.3 is 10.6 Å². The zero-order chi connectivity index (χ0) is 18.5. The van der Waals surface area contributed by atoms with E-state index in [1.54, 1.807) is 12.1 Å². The molecule has 0 aromatic heterocycles. The minimum absolute atomic E-state index is 0.480. The molecule has 5 heteroatoms. The zero-order valence-corrected chi connectivity index (χ0v) is 14.3. The Bertz CT molecular complexity index is 837. The van der Waals surface area contributed by atoms with Crippen LogP contribution in [0.15, 0.2) is 60.7 Å². The number of benzene rings is 2. The van der Waals surface area contributed by atoms with Gasteiger partial charge >= 0.3 is 0 Å². The van der Waals surface area contributed by atoms with Gasteiger partial charge in [-0.1, -0.05) is 30.9 Å². The third-order valence-corrected chi connectivity index (χ3v) is 4.44. The van der Waals surface area contributed by atoms with E-state index >= 15 is 0 Å². The van der Waals surface area contributed by atoms with Crippen LogP contribution in [0.1, 0.15) is 28.8 Å². The number of anilines is 1. The number of carbonyl (C=O) groups excluding carboxylic acids is 1. The molecule has 0 bridgehead atoms. The lowest BCUT2D eigenvalue weighted by Crippen LogP contribution is -2.15. The molecule has 1 aliphatic rings. The number of allylic oxidation sites excluding steroid dienone is 1. The second-order valence-corrected chi connectivity index (χ2v) is 6.09. The number of amides is 1. The average molecular weight is 354 g/mol. The van der Waals surface area contributed by atoms with Crippen LogP contribution in [-0.2, 0) is 0 Å². The van der Waals surface area contributed by atoms with Gasteiger partial charge in [0.1, 0.15) is 17.2 Å². The summed E-state index contributed by atoms with van der Waals surface area (Å²) in [7, 11) is 0. The van der Waals surface area contributed by atoms with Crippen molar-refractivity contribution in [2.45, 2.75) is 12.8 Å². The third kappa shape index (κ3) is 3.89. The second kappa shape index (κ2) is 8.06. The first-order chi connectivity index (χ1) is 12.6. The van der Waals surface area contributed by atoms with Gasteiger partial charge in [-0.3, -0.25) is 4.79 Å². The molecule has 2 N–H and O–H groups in total. The number of carbonyl (C=O) groups is 1. The van der Waals surface area contributed by atoms with Crippen molar-refractivity contribution in [3.63, 3.8) is 0 Å². The summed E-state index contributed by atoms with van der Waals surface area (Å²) in [6, 6.07) is 10.6. The molecule has 0 radical (unpaired) electrons. The van der Waals surface area contributed by atoms with Crippen molar-refractivity contribution in [3.05, 3.63) is 83.5 Å². The van der Waals surface area contributed by atoms with Crippen molar-refractivity contribution in [2.75, 3.05) is 18.4 Å². The van der Waals surface area contributed by atoms with Crippen LogP contribution in [-0.4, -0.2) is 19.0 Å². The summed E-state index contributed by atoms with van der Waals surface area (Å²) in [5.74, 6) is -2.57. The number of rotatable bonds is 4. The van der Waals surface area contributed by atoms with E-state index in [9.17, 15) is 13.6 Å². The number of halogens is 2. The van der Waals surface area contributed by atoms with E-state index in [-0.39, 0.29) is 0 Å². The van der Waals surface area contributed by atoms with Gasteiger partial charge in [0.05, 0.1) is 0 Å². The van der Waals surface area contributed by atoms with Gasteiger partial charge in [0, 0.05) is 5.69 Å². The smallest absolute Gasteiger partial charge is 0.261 e. The summed E-state index contributed by atoms with van der Waals surface area (Å²) in [6.45, 7) is 5.72. The van der Waals surface area contributed by atoms with Gasteiger partial charge in [-0.05, 0) is 66.9 Å². The first kappa shape index (κ1) is 18.0. The Kier molecular flexibility index (Phi) is 5.58. The molecular weight excluding hydrogens is 334 g/mol. The molecule has 0 unspecified atom stereocenters. The summed E-state index contributed by atoms with van der Waals surface area (Å²) in [4.78, 5) is 12.2.